The first-order valence-corrected chi connectivity index (χ1v) is 16.5. The van der Waals surface area contributed by atoms with Gasteiger partial charge >= 0.3 is 5.97 Å². The van der Waals surface area contributed by atoms with Crippen molar-refractivity contribution in [3.63, 3.8) is 0 Å². The first-order chi connectivity index (χ1) is 18.1. The maximum absolute atomic E-state index is 11.3. The van der Waals surface area contributed by atoms with E-state index in [9.17, 15) is 4.79 Å². The van der Waals surface area contributed by atoms with E-state index in [2.05, 4.69) is 38.1 Å². The van der Waals surface area contributed by atoms with E-state index in [0.29, 0.717) is 13.0 Å². The van der Waals surface area contributed by atoms with E-state index in [-0.39, 0.29) is 5.97 Å². The third-order valence-corrected chi connectivity index (χ3v) is 7.66. The van der Waals surface area contributed by atoms with E-state index in [1.807, 2.05) is 6.92 Å². The highest BCUT2D eigenvalue weighted by atomic mass is 16.5. The van der Waals surface area contributed by atoms with Gasteiger partial charge in [0.2, 0.25) is 0 Å². The van der Waals surface area contributed by atoms with E-state index in [4.69, 9.17) is 4.74 Å². The van der Waals surface area contributed by atoms with Crippen LogP contribution in [0.3, 0.4) is 0 Å². The lowest BCUT2D eigenvalue weighted by Crippen LogP contribution is -2.17. The molecule has 0 amide bonds. The predicted octanol–water partition coefficient (Wildman–Crippen LogP) is 10.7. The Labute approximate surface area is 233 Å². The third-order valence-electron chi connectivity index (χ3n) is 7.66. The zero-order valence-corrected chi connectivity index (χ0v) is 25.9. The van der Waals surface area contributed by atoms with Gasteiger partial charge < -0.3 is 9.64 Å². The van der Waals surface area contributed by atoms with E-state index >= 15 is 0 Å². The smallest absolute Gasteiger partial charge is 0.305 e. The number of rotatable bonds is 29. The lowest BCUT2D eigenvalue weighted by atomic mass is 9.91. The number of nitrogens with zero attached hydrogens (tertiary/aromatic N) is 1. The summed E-state index contributed by atoms with van der Waals surface area (Å²) in [5, 5.41) is 0. The topological polar surface area (TPSA) is 29.5 Å². The normalized spacial score (nSPS) is 12.6. The summed E-state index contributed by atoms with van der Waals surface area (Å²) in [5.74, 6) is 0.920. The zero-order chi connectivity index (χ0) is 27.2. The van der Waals surface area contributed by atoms with E-state index < -0.39 is 0 Å². The molecule has 0 N–H and O–H groups in total. The highest BCUT2D eigenvalue weighted by Crippen LogP contribution is 2.22. The zero-order valence-electron chi connectivity index (χ0n) is 25.9. The number of carbonyl (C=O) groups excluding carboxylic acids is 1. The second kappa shape index (κ2) is 29.7. The molecule has 0 aromatic heterocycles. The summed E-state index contributed by atoms with van der Waals surface area (Å²) < 4.78 is 4.96. The molecule has 0 aliphatic carbocycles. The van der Waals surface area contributed by atoms with Gasteiger partial charge in [0.25, 0.3) is 0 Å². The number of hydrogen-bond acceptors (Lipinski definition) is 3. The molecule has 0 spiro atoms. The van der Waals surface area contributed by atoms with Crippen LogP contribution >= 0.6 is 0 Å². The van der Waals surface area contributed by atoms with Crippen LogP contribution in [-0.2, 0) is 9.53 Å². The number of hydrogen-bond donors (Lipinski definition) is 0. The Morgan fingerprint density at radius 1 is 0.622 bits per heavy atom. The van der Waals surface area contributed by atoms with Crippen LogP contribution in [0.4, 0.5) is 0 Å². The van der Waals surface area contributed by atoms with Gasteiger partial charge in [0.05, 0.1) is 6.61 Å². The largest absolute Gasteiger partial charge is 0.466 e. The predicted molar refractivity (Wildman–Crippen MR) is 164 cm³/mol. The molecule has 0 aliphatic rings. The van der Waals surface area contributed by atoms with Crippen LogP contribution < -0.4 is 0 Å². The van der Waals surface area contributed by atoms with Crippen LogP contribution in [0, 0.1) is 5.92 Å². The molecule has 1 unspecified atom stereocenters. The van der Waals surface area contributed by atoms with Gasteiger partial charge in [0.1, 0.15) is 0 Å². The molecular formula is C34H67NO2. The van der Waals surface area contributed by atoms with Gasteiger partial charge in [-0.3, -0.25) is 4.79 Å². The number of ether oxygens (including phenoxy) is 1. The van der Waals surface area contributed by atoms with Gasteiger partial charge in [-0.2, -0.15) is 0 Å². The van der Waals surface area contributed by atoms with Gasteiger partial charge in [-0.1, -0.05) is 128 Å². The minimum Gasteiger partial charge on any atom is -0.466 e. The molecule has 0 aliphatic heterocycles. The van der Waals surface area contributed by atoms with Crippen molar-refractivity contribution < 1.29 is 9.53 Å². The Kier molecular flexibility index (Phi) is 29.1. The summed E-state index contributed by atoms with van der Waals surface area (Å²) >= 11 is 0. The second-order valence-electron chi connectivity index (χ2n) is 11.6. The fourth-order valence-electron chi connectivity index (χ4n) is 5.20. The van der Waals surface area contributed by atoms with Crippen molar-refractivity contribution in [1.29, 1.82) is 0 Å². The van der Waals surface area contributed by atoms with Crippen LogP contribution in [0.25, 0.3) is 0 Å². The summed E-state index contributed by atoms with van der Waals surface area (Å²) in [5.41, 5.74) is 0. The quantitative estimate of drug-likeness (QED) is 0.0557. The average molecular weight is 522 g/mol. The summed E-state index contributed by atoms with van der Waals surface area (Å²) in [6.45, 7) is 5.94. The fourth-order valence-corrected chi connectivity index (χ4v) is 5.20. The lowest BCUT2D eigenvalue weighted by Gasteiger charge is -2.19. The Hall–Kier alpha value is -0.830. The van der Waals surface area contributed by atoms with Gasteiger partial charge in [-0.05, 0) is 72.0 Å². The van der Waals surface area contributed by atoms with Crippen molar-refractivity contribution in [2.75, 3.05) is 27.2 Å². The van der Waals surface area contributed by atoms with E-state index in [1.54, 1.807) is 0 Å². The molecule has 0 saturated carbocycles. The van der Waals surface area contributed by atoms with Crippen LogP contribution in [0.15, 0.2) is 12.2 Å². The summed E-state index contributed by atoms with van der Waals surface area (Å²) in [6, 6.07) is 0. The van der Waals surface area contributed by atoms with E-state index in [1.165, 1.54) is 141 Å². The van der Waals surface area contributed by atoms with Crippen LogP contribution in [0.2, 0.25) is 0 Å². The Morgan fingerprint density at radius 2 is 1.08 bits per heavy atom. The maximum Gasteiger partial charge on any atom is 0.305 e. The minimum atomic E-state index is -0.0381. The number of unbranched alkanes of at least 4 members (excludes halogenated alkanes) is 17. The minimum absolute atomic E-state index is 0.0381. The fraction of sp³-hybridized carbons (Fsp3) is 0.912. The van der Waals surface area contributed by atoms with Crippen LogP contribution in [-0.4, -0.2) is 38.1 Å². The lowest BCUT2D eigenvalue weighted by molar-refractivity contribution is -0.143. The Bertz CT molecular complexity index is 488. The van der Waals surface area contributed by atoms with Crippen LogP contribution in [0.1, 0.15) is 168 Å². The number of allylic oxidation sites excluding steroid dienone is 2. The third kappa shape index (κ3) is 29.6. The molecule has 0 rings (SSSR count). The van der Waals surface area contributed by atoms with Gasteiger partial charge in [-0.15, -0.1) is 0 Å². The molecule has 0 aromatic carbocycles. The second-order valence-corrected chi connectivity index (χ2v) is 11.6. The van der Waals surface area contributed by atoms with Crippen molar-refractivity contribution >= 4 is 5.97 Å². The van der Waals surface area contributed by atoms with Gasteiger partial charge in [-0.25, -0.2) is 0 Å². The van der Waals surface area contributed by atoms with Gasteiger partial charge in [0.15, 0.2) is 0 Å². The molecule has 1 atom stereocenters. The Balaban J connectivity index is 3.48. The van der Waals surface area contributed by atoms with Crippen molar-refractivity contribution in [1.82, 2.24) is 4.90 Å². The highest BCUT2D eigenvalue weighted by molar-refractivity contribution is 5.69. The molecule has 0 aromatic rings. The summed E-state index contributed by atoms with van der Waals surface area (Å²) in [4.78, 5) is 13.6. The molecule has 0 fully saturated rings. The molecule has 220 valence electrons. The molecule has 0 bridgehead atoms. The highest BCUT2D eigenvalue weighted by Gasteiger charge is 2.09. The first kappa shape index (κ1) is 36.2. The van der Waals surface area contributed by atoms with E-state index in [0.717, 1.165) is 18.8 Å². The average Bonchev–Trinajstić information content (AvgIpc) is 2.88. The first-order valence-electron chi connectivity index (χ1n) is 16.5. The molecule has 3 nitrogen and oxygen atoms in total. The molecule has 0 saturated heterocycles. The molecule has 3 heteroatoms. The summed E-state index contributed by atoms with van der Waals surface area (Å²) in [7, 11) is 4.44. The van der Waals surface area contributed by atoms with Crippen molar-refractivity contribution in [3.05, 3.63) is 12.2 Å². The van der Waals surface area contributed by atoms with Crippen molar-refractivity contribution in [3.8, 4) is 0 Å². The van der Waals surface area contributed by atoms with Crippen LogP contribution in [0.5, 0.6) is 0 Å². The molecular weight excluding hydrogens is 454 g/mol. The Morgan fingerprint density at radius 3 is 1.57 bits per heavy atom. The van der Waals surface area contributed by atoms with Crippen molar-refractivity contribution in [2.24, 2.45) is 5.92 Å². The monoisotopic (exact) mass is 522 g/mol. The maximum atomic E-state index is 11.3. The number of carbonyl (C=O) groups is 1. The van der Waals surface area contributed by atoms with Gasteiger partial charge in [0, 0.05) is 6.42 Å². The molecule has 37 heavy (non-hydrogen) atoms. The molecule has 0 radical (unpaired) electrons. The summed E-state index contributed by atoms with van der Waals surface area (Å²) in [6.07, 6.45) is 36.6. The molecule has 0 heterocycles. The number of esters is 1. The van der Waals surface area contributed by atoms with Crippen molar-refractivity contribution in [2.45, 2.75) is 168 Å². The SMILES string of the molecule is CCCCCCCC(CCCCCCCCCC/C=C\CCCCCCCC(=O)OCC)CCN(C)C. The standard InChI is InChI=1S/C34H67NO2/c1-5-7-8-22-25-28-33(31-32-35(3)4)29-26-23-20-18-16-14-12-10-9-11-13-15-17-19-21-24-27-30-34(36)37-6-2/h11,13,33H,5-10,12,14-32H2,1-4H3/b13-11-.